The standard InChI is InChI=1S/C46H34BNO3/c49-47(50)42-18-9-17-39-38-16-8-10-33(45(38)51-46(39)42)26-32-23-21-29-20-22-30(27-40(29)36-14-5-4-13-35(32)36)31-24-25-44-41(28-31)37-15-6-7-19-43(37)48(44)34-11-2-1-3-12-34/h1-20,22,24-25,27-28,32,49-50H,21,23,26H2. The van der Waals surface area contributed by atoms with Gasteiger partial charge in [0.15, 0.2) is 0 Å². The molecule has 4 nitrogen and oxygen atoms in total. The van der Waals surface area contributed by atoms with Crippen LogP contribution in [-0.2, 0) is 12.8 Å². The Bertz CT molecular complexity index is 2780. The molecular weight excluding hydrogens is 625 g/mol. The number of hydrogen-bond acceptors (Lipinski definition) is 3. The Morgan fingerprint density at radius 2 is 1.29 bits per heavy atom. The Kier molecular flexibility index (Phi) is 6.98. The Balaban J connectivity index is 1.05. The van der Waals surface area contributed by atoms with Crippen LogP contribution in [0.4, 0.5) is 0 Å². The molecule has 0 bridgehead atoms. The smallest absolute Gasteiger partial charge is 0.456 e. The molecule has 2 heterocycles. The lowest BCUT2D eigenvalue weighted by Gasteiger charge is -2.18. The Hall–Kier alpha value is -5.88. The first kappa shape index (κ1) is 30.0. The number of aromatic nitrogens is 1. The van der Waals surface area contributed by atoms with Crippen molar-refractivity contribution in [3.8, 4) is 27.9 Å². The van der Waals surface area contributed by atoms with Gasteiger partial charge < -0.3 is 19.0 Å². The van der Waals surface area contributed by atoms with E-state index in [0.717, 1.165) is 46.9 Å². The molecule has 1 aliphatic carbocycles. The molecule has 1 aliphatic rings. The van der Waals surface area contributed by atoms with Crippen molar-refractivity contribution in [2.45, 2.75) is 25.2 Å². The molecule has 2 N–H and O–H groups in total. The zero-order valence-corrected chi connectivity index (χ0v) is 28.0. The third-order valence-corrected chi connectivity index (χ3v) is 11.0. The lowest BCUT2D eigenvalue weighted by Crippen LogP contribution is -2.29. The van der Waals surface area contributed by atoms with E-state index in [2.05, 4.69) is 138 Å². The number of rotatable bonds is 5. The molecule has 0 fully saturated rings. The Morgan fingerprint density at radius 1 is 0.588 bits per heavy atom. The minimum atomic E-state index is -1.59. The average molecular weight is 660 g/mol. The van der Waals surface area contributed by atoms with Crippen LogP contribution in [0.15, 0.2) is 156 Å². The van der Waals surface area contributed by atoms with Crippen molar-refractivity contribution in [3.63, 3.8) is 0 Å². The highest BCUT2D eigenvalue weighted by Crippen LogP contribution is 2.43. The molecule has 0 spiro atoms. The van der Waals surface area contributed by atoms with Crippen LogP contribution in [-0.4, -0.2) is 21.7 Å². The van der Waals surface area contributed by atoms with Crippen molar-refractivity contribution >= 4 is 56.3 Å². The normalized spacial score (nSPS) is 14.2. The molecule has 0 aliphatic heterocycles. The molecule has 7 aromatic carbocycles. The van der Waals surface area contributed by atoms with E-state index in [-0.39, 0.29) is 0 Å². The van der Waals surface area contributed by atoms with E-state index in [4.69, 9.17) is 4.42 Å². The molecule has 0 saturated carbocycles. The zero-order chi connectivity index (χ0) is 34.1. The van der Waals surface area contributed by atoms with Gasteiger partial charge in [-0.15, -0.1) is 0 Å². The second kappa shape index (κ2) is 11.9. The predicted octanol–water partition coefficient (Wildman–Crippen LogP) is 9.97. The van der Waals surface area contributed by atoms with Crippen LogP contribution in [0.3, 0.4) is 0 Å². The van der Waals surface area contributed by atoms with Gasteiger partial charge in [0.1, 0.15) is 11.2 Å². The zero-order valence-electron chi connectivity index (χ0n) is 28.0. The van der Waals surface area contributed by atoms with Gasteiger partial charge in [0.2, 0.25) is 0 Å². The predicted molar refractivity (Wildman–Crippen MR) is 210 cm³/mol. The molecule has 244 valence electrons. The number of fused-ring (bicyclic) bond motifs is 9. The second-order valence-electron chi connectivity index (χ2n) is 13.8. The number of furan rings is 1. The summed E-state index contributed by atoms with van der Waals surface area (Å²) in [6.45, 7) is 0. The summed E-state index contributed by atoms with van der Waals surface area (Å²) in [7, 11) is -1.59. The molecule has 0 saturated heterocycles. The first-order chi connectivity index (χ1) is 25.1. The van der Waals surface area contributed by atoms with E-state index in [0.29, 0.717) is 17.0 Å². The van der Waals surface area contributed by atoms with Gasteiger partial charge in [0.05, 0.1) is 11.0 Å². The van der Waals surface area contributed by atoms with Gasteiger partial charge in [-0.3, -0.25) is 0 Å². The third kappa shape index (κ3) is 4.85. The van der Waals surface area contributed by atoms with Crippen molar-refractivity contribution in [2.24, 2.45) is 0 Å². The molecule has 9 aromatic rings. The second-order valence-corrected chi connectivity index (χ2v) is 13.8. The minimum absolute atomic E-state index is 0.291. The topological polar surface area (TPSA) is 58.5 Å². The van der Waals surface area contributed by atoms with Gasteiger partial charge in [0.25, 0.3) is 0 Å². The molecule has 10 rings (SSSR count). The molecule has 5 heteroatoms. The summed E-state index contributed by atoms with van der Waals surface area (Å²) >= 11 is 0. The highest BCUT2D eigenvalue weighted by atomic mass is 16.4. The summed E-state index contributed by atoms with van der Waals surface area (Å²) in [6.07, 6.45) is 2.83. The van der Waals surface area contributed by atoms with E-state index in [1.54, 1.807) is 6.07 Å². The Labute approximate surface area is 296 Å². The van der Waals surface area contributed by atoms with E-state index in [9.17, 15) is 10.0 Å². The first-order valence-electron chi connectivity index (χ1n) is 17.7. The van der Waals surface area contributed by atoms with Gasteiger partial charge >= 0.3 is 7.12 Å². The van der Waals surface area contributed by atoms with Gasteiger partial charge in [-0.25, -0.2) is 0 Å². The molecule has 51 heavy (non-hydrogen) atoms. The summed E-state index contributed by atoms with van der Waals surface area (Å²) in [6, 6.07) is 54.0. The molecule has 0 radical (unpaired) electrons. The monoisotopic (exact) mass is 659 g/mol. The van der Waals surface area contributed by atoms with Crippen LogP contribution < -0.4 is 5.46 Å². The summed E-state index contributed by atoms with van der Waals surface area (Å²) in [4.78, 5) is 0. The first-order valence-corrected chi connectivity index (χ1v) is 17.7. The lowest BCUT2D eigenvalue weighted by atomic mass is 9.79. The summed E-state index contributed by atoms with van der Waals surface area (Å²) in [5.74, 6) is 0.291. The van der Waals surface area contributed by atoms with E-state index >= 15 is 0 Å². The van der Waals surface area contributed by atoms with Gasteiger partial charge in [0, 0.05) is 32.7 Å². The Morgan fingerprint density at radius 3 is 2.18 bits per heavy atom. The molecule has 0 amide bonds. The SMILES string of the molecule is OB(O)c1cccc2c1oc1c(CC3CCc4ccc(-c5ccc6c(c5)c5ccccc5n6-c5ccccc5)cc4-c4ccccc43)cccc12. The molecule has 1 atom stereocenters. The number of nitrogens with zero attached hydrogens (tertiary/aromatic N) is 1. The quantitative estimate of drug-likeness (QED) is 0.181. The maximum absolute atomic E-state index is 10.0. The fourth-order valence-corrected chi connectivity index (χ4v) is 8.56. The number of para-hydroxylation sites is 4. The van der Waals surface area contributed by atoms with Crippen molar-refractivity contribution in [3.05, 3.63) is 168 Å². The summed E-state index contributed by atoms with van der Waals surface area (Å²) in [5.41, 5.74) is 14.2. The van der Waals surface area contributed by atoms with Crippen LogP contribution in [0.25, 0.3) is 71.7 Å². The van der Waals surface area contributed by atoms with Crippen LogP contribution in [0, 0.1) is 0 Å². The number of aryl methyl sites for hydroxylation is 1. The van der Waals surface area contributed by atoms with Crippen LogP contribution >= 0.6 is 0 Å². The molecule has 1 unspecified atom stereocenters. The van der Waals surface area contributed by atoms with Crippen LogP contribution in [0.5, 0.6) is 0 Å². The van der Waals surface area contributed by atoms with Crippen molar-refractivity contribution in [1.29, 1.82) is 0 Å². The van der Waals surface area contributed by atoms with Crippen molar-refractivity contribution in [2.75, 3.05) is 0 Å². The van der Waals surface area contributed by atoms with E-state index in [1.807, 2.05) is 12.1 Å². The van der Waals surface area contributed by atoms with Crippen molar-refractivity contribution in [1.82, 2.24) is 4.57 Å². The average Bonchev–Trinajstić information content (AvgIpc) is 3.68. The van der Waals surface area contributed by atoms with Gasteiger partial charge in [-0.1, -0.05) is 115 Å². The number of hydrogen-bond donors (Lipinski definition) is 2. The summed E-state index contributed by atoms with van der Waals surface area (Å²) in [5, 5.41) is 24.5. The largest absolute Gasteiger partial charge is 0.492 e. The molecular formula is C46H34BNO3. The lowest BCUT2D eigenvalue weighted by molar-refractivity contribution is 0.425. The van der Waals surface area contributed by atoms with Gasteiger partial charge in [-0.2, -0.15) is 0 Å². The van der Waals surface area contributed by atoms with Crippen LogP contribution in [0.2, 0.25) is 0 Å². The molecule has 2 aromatic heterocycles. The maximum atomic E-state index is 10.0. The fourth-order valence-electron chi connectivity index (χ4n) is 8.56. The summed E-state index contributed by atoms with van der Waals surface area (Å²) < 4.78 is 8.79. The highest BCUT2D eigenvalue weighted by Gasteiger charge is 2.26. The highest BCUT2D eigenvalue weighted by molar-refractivity contribution is 6.61. The minimum Gasteiger partial charge on any atom is -0.456 e. The van der Waals surface area contributed by atoms with E-state index < -0.39 is 7.12 Å². The maximum Gasteiger partial charge on any atom is 0.492 e. The fraction of sp³-hybridized carbons (Fsp3) is 0.0870. The number of benzene rings is 7. The van der Waals surface area contributed by atoms with E-state index in [1.165, 1.54) is 55.2 Å². The third-order valence-electron chi connectivity index (χ3n) is 11.0. The van der Waals surface area contributed by atoms with Crippen molar-refractivity contribution < 1.29 is 14.5 Å². The van der Waals surface area contributed by atoms with Gasteiger partial charge in [-0.05, 0) is 101 Å². The van der Waals surface area contributed by atoms with Crippen LogP contribution in [0.1, 0.15) is 29.0 Å².